The molecule has 120 valence electrons. The maximum Gasteiger partial charge on any atom is 0.192 e. The van der Waals surface area contributed by atoms with E-state index in [9.17, 15) is 0 Å². The molecule has 1 aromatic carbocycles. The van der Waals surface area contributed by atoms with Crippen molar-refractivity contribution in [1.29, 1.82) is 0 Å². The van der Waals surface area contributed by atoms with Crippen LogP contribution in [-0.2, 0) is 11.0 Å². The molecule has 1 rings (SSSR count). The number of hydrogen-bond acceptors (Lipinski definition) is 3. The Labute approximate surface area is 138 Å². The molecule has 0 aromatic heterocycles. The molecule has 0 heterocycles. The number of rotatable bonds is 5. The van der Waals surface area contributed by atoms with Gasteiger partial charge in [-0.1, -0.05) is 20.8 Å². The van der Waals surface area contributed by atoms with Gasteiger partial charge in [0, 0.05) is 5.56 Å². The summed E-state index contributed by atoms with van der Waals surface area (Å²) in [6.45, 7) is 13.9. The lowest BCUT2D eigenvalue weighted by atomic mass is 10.1. The molecule has 0 atom stereocenters. The maximum atomic E-state index is 6.31. The Bertz CT molecular complexity index is 507. The Morgan fingerprint density at radius 2 is 1.62 bits per heavy atom. The van der Waals surface area contributed by atoms with E-state index in [0.717, 1.165) is 27.1 Å². The van der Waals surface area contributed by atoms with E-state index in [4.69, 9.17) is 13.9 Å². The van der Waals surface area contributed by atoms with Crippen molar-refractivity contribution in [3.8, 4) is 11.5 Å². The molecule has 0 bridgehead atoms. The Balaban J connectivity index is 3.09. The summed E-state index contributed by atoms with van der Waals surface area (Å²) in [4.78, 5) is 0. The summed E-state index contributed by atoms with van der Waals surface area (Å²) in [6.07, 6.45) is 0. The second-order valence-electron chi connectivity index (χ2n) is 6.76. The predicted molar refractivity (Wildman–Crippen MR) is 94.0 cm³/mol. The van der Waals surface area contributed by atoms with Crippen LogP contribution < -0.4 is 9.47 Å². The van der Waals surface area contributed by atoms with Crippen molar-refractivity contribution in [1.82, 2.24) is 0 Å². The number of hydrogen-bond donors (Lipinski definition) is 0. The smallest absolute Gasteiger partial charge is 0.192 e. The van der Waals surface area contributed by atoms with Crippen molar-refractivity contribution < 1.29 is 13.9 Å². The first kappa shape index (κ1) is 18.5. The average Bonchev–Trinajstić information content (AvgIpc) is 2.37. The van der Waals surface area contributed by atoms with Crippen molar-refractivity contribution >= 4 is 24.2 Å². The molecule has 1 aromatic rings. The molecule has 0 aliphatic heterocycles. The second-order valence-corrected chi connectivity index (χ2v) is 12.4. The third-order valence-corrected chi connectivity index (χ3v) is 9.42. The fourth-order valence-electron chi connectivity index (χ4n) is 1.81. The molecule has 0 fully saturated rings. The zero-order valence-electron chi connectivity index (χ0n) is 14.4. The second kappa shape index (κ2) is 6.71. The highest BCUT2D eigenvalue weighted by atomic mass is 79.9. The van der Waals surface area contributed by atoms with Gasteiger partial charge in [-0.15, -0.1) is 0 Å². The van der Waals surface area contributed by atoms with Gasteiger partial charge < -0.3 is 13.9 Å². The molecule has 5 heteroatoms. The number of methoxy groups -OCH3 is 2. The van der Waals surface area contributed by atoms with Crippen LogP contribution in [0.1, 0.15) is 31.9 Å². The summed E-state index contributed by atoms with van der Waals surface area (Å²) >= 11 is 3.54. The molecule has 21 heavy (non-hydrogen) atoms. The quantitative estimate of drug-likeness (QED) is 0.654. The number of ether oxygens (including phenoxy) is 2. The molecule has 0 saturated heterocycles. The van der Waals surface area contributed by atoms with Crippen molar-refractivity contribution in [2.75, 3.05) is 14.2 Å². The molecule has 0 aliphatic rings. The van der Waals surface area contributed by atoms with Crippen LogP contribution >= 0.6 is 15.9 Å². The zero-order chi connectivity index (χ0) is 16.4. The van der Waals surface area contributed by atoms with Crippen LogP contribution in [0.4, 0.5) is 0 Å². The van der Waals surface area contributed by atoms with Crippen LogP contribution in [-0.4, -0.2) is 22.5 Å². The first-order chi connectivity index (χ1) is 9.55. The molecule has 0 spiro atoms. The first-order valence-electron chi connectivity index (χ1n) is 7.09. The molecule has 0 saturated carbocycles. The van der Waals surface area contributed by atoms with E-state index in [1.807, 2.05) is 6.92 Å². The Kier molecular flexibility index (Phi) is 5.92. The van der Waals surface area contributed by atoms with Crippen molar-refractivity contribution in [2.45, 2.75) is 52.4 Å². The van der Waals surface area contributed by atoms with Gasteiger partial charge in [0.2, 0.25) is 0 Å². The van der Waals surface area contributed by atoms with Crippen molar-refractivity contribution in [3.05, 3.63) is 21.7 Å². The van der Waals surface area contributed by atoms with Gasteiger partial charge in [0.1, 0.15) is 0 Å². The minimum absolute atomic E-state index is 0.203. The monoisotopic (exact) mass is 374 g/mol. The van der Waals surface area contributed by atoms with E-state index in [2.05, 4.69) is 55.9 Å². The Morgan fingerprint density at radius 3 is 2.05 bits per heavy atom. The minimum Gasteiger partial charge on any atom is -0.493 e. The standard InChI is InChI=1S/C16H27BrO3Si/c1-11-12(10-20-21(7,8)16(2,3)4)9-13(17)15(19-6)14(11)18-5/h9H,10H2,1-8H3. The van der Waals surface area contributed by atoms with Gasteiger partial charge in [-0.3, -0.25) is 0 Å². The highest BCUT2D eigenvalue weighted by Gasteiger charge is 2.37. The summed E-state index contributed by atoms with van der Waals surface area (Å²) < 4.78 is 18.1. The van der Waals surface area contributed by atoms with E-state index in [1.54, 1.807) is 14.2 Å². The summed E-state index contributed by atoms with van der Waals surface area (Å²) in [5, 5.41) is 0.203. The van der Waals surface area contributed by atoms with Crippen LogP contribution in [0.25, 0.3) is 0 Å². The lowest BCUT2D eigenvalue weighted by Gasteiger charge is -2.36. The lowest BCUT2D eigenvalue weighted by molar-refractivity contribution is 0.274. The van der Waals surface area contributed by atoms with Crippen LogP contribution in [0, 0.1) is 6.92 Å². The van der Waals surface area contributed by atoms with Crippen LogP contribution in [0.5, 0.6) is 11.5 Å². The molecule has 0 N–H and O–H groups in total. The third-order valence-electron chi connectivity index (χ3n) is 4.35. The zero-order valence-corrected chi connectivity index (χ0v) is 17.0. The fourth-order valence-corrected chi connectivity index (χ4v) is 3.38. The molecular formula is C16H27BrO3Si. The summed E-state index contributed by atoms with van der Waals surface area (Å²) in [6, 6.07) is 2.06. The average molecular weight is 375 g/mol. The lowest BCUT2D eigenvalue weighted by Crippen LogP contribution is -2.40. The van der Waals surface area contributed by atoms with E-state index < -0.39 is 8.32 Å². The molecular weight excluding hydrogens is 348 g/mol. The third kappa shape index (κ3) is 4.02. The predicted octanol–water partition coefficient (Wildman–Crippen LogP) is 5.30. The van der Waals surface area contributed by atoms with E-state index in [0.29, 0.717) is 6.61 Å². The number of benzene rings is 1. The van der Waals surface area contributed by atoms with E-state index >= 15 is 0 Å². The molecule has 3 nitrogen and oxygen atoms in total. The minimum atomic E-state index is -1.76. The highest BCUT2D eigenvalue weighted by molar-refractivity contribution is 9.10. The van der Waals surface area contributed by atoms with Crippen LogP contribution in [0.2, 0.25) is 18.1 Å². The summed E-state index contributed by atoms with van der Waals surface area (Å²) in [5.74, 6) is 1.49. The largest absolute Gasteiger partial charge is 0.493 e. The SMILES string of the molecule is COc1c(Br)cc(CO[Si](C)(C)C(C)(C)C)c(C)c1OC. The van der Waals surface area contributed by atoms with Gasteiger partial charge in [0.05, 0.1) is 25.3 Å². The van der Waals surface area contributed by atoms with Gasteiger partial charge in [-0.05, 0) is 52.6 Å². The molecule has 0 amide bonds. The highest BCUT2D eigenvalue weighted by Crippen LogP contribution is 2.41. The van der Waals surface area contributed by atoms with Gasteiger partial charge in [-0.2, -0.15) is 0 Å². The molecule has 0 unspecified atom stereocenters. The summed E-state index contributed by atoms with van der Waals surface area (Å²) in [5.41, 5.74) is 2.20. The summed E-state index contributed by atoms with van der Waals surface area (Å²) in [7, 11) is 1.54. The van der Waals surface area contributed by atoms with Gasteiger partial charge in [0.15, 0.2) is 19.8 Å². The fraction of sp³-hybridized carbons (Fsp3) is 0.625. The molecule has 0 radical (unpaired) electrons. The Morgan fingerprint density at radius 1 is 1.10 bits per heavy atom. The van der Waals surface area contributed by atoms with Gasteiger partial charge >= 0.3 is 0 Å². The number of halogens is 1. The molecule has 0 aliphatic carbocycles. The van der Waals surface area contributed by atoms with Crippen molar-refractivity contribution in [3.63, 3.8) is 0 Å². The van der Waals surface area contributed by atoms with Crippen molar-refractivity contribution in [2.24, 2.45) is 0 Å². The van der Waals surface area contributed by atoms with Gasteiger partial charge in [0.25, 0.3) is 0 Å². The van der Waals surface area contributed by atoms with Crippen LogP contribution in [0.15, 0.2) is 10.5 Å². The van der Waals surface area contributed by atoms with E-state index in [-0.39, 0.29) is 5.04 Å². The first-order valence-corrected chi connectivity index (χ1v) is 10.8. The van der Waals surface area contributed by atoms with Gasteiger partial charge in [-0.25, -0.2) is 0 Å². The Hall–Kier alpha value is -0.523. The van der Waals surface area contributed by atoms with E-state index in [1.165, 1.54) is 0 Å². The topological polar surface area (TPSA) is 27.7 Å². The van der Waals surface area contributed by atoms with Crippen LogP contribution in [0.3, 0.4) is 0 Å². The maximum absolute atomic E-state index is 6.31. The normalized spacial score (nSPS) is 12.4.